The van der Waals surface area contributed by atoms with Gasteiger partial charge in [-0.2, -0.15) is 0 Å². The summed E-state index contributed by atoms with van der Waals surface area (Å²) in [7, 11) is 0. The Hall–Kier alpha value is -1.60. The van der Waals surface area contributed by atoms with Crippen LogP contribution in [-0.2, 0) is 0 Å². The molecule has 1 aromatic heterocycles. The van der Waals surface area contributed by atoms with Gasteiger partial charge in [0.25, 0.3) is 6.43 Å². The van der Waals surface area contributed by atoms with Crippen molar-refractivity contribution in [3.05, 3.63) is 27.5 Å². The predicted octanol–water partition coefficient (Wildman–Crippen LogP) is 2.52. The van der Waals surface area contributed by atoms with Crippen LogP contribution in [0.2, 0.25) is 0 Å². The van der Waals surface area contributed by atoms with Crippen LogP contribution in [0.1, 0.15) is 17.7 Å². The lowest BCUT2D eigenvalue weighted by Crippen LogP contribution is -2.21. The molecule has 16 heavy (non-hydrogen) atoms. The van der Waals surface area contributed by atoms with E-state index in [-0.39, 0.29) is 5.56 Å². The molecule has 1 heterocycles. The number of aromatic amines is 1. The maximum atomic E-state index is 12.3. The van der Waals surface area contributed by atoms with Crippen LogP contribution in [0.25, 0.3) is 0 Å². The molecule has 0 aromatic carbocycles. The van der Waals surface area contributed by atoms with Gasteiger partial charge in [0.2, 0.25) is 5.88 Å². The molecule has 1 N–H and O–H groups in total. The number of hydrogen-bond donors (Lipinski definition) is 1. The highest BCUT2D eigenvalue weighted by Gasteiger charge is 2.32. The number of nitrogens with one attached hydrogen (secondary N) is 1. The van der Waals surface area contributed by atoms with Gasteiger partial charge in [-0.3, -0.25) is 4.79 Å². The van der Waals surface area contributed by atoms with Crippen molar-refractivity contribution in [3.8, 4) is 5.88 Å². The van der Waals surface area contributed by atoms with Gasteiger partial charge < -0.3 is 9.72 Å². The van der Waals surface area contributed by atoms with Crippen molar-refractivity contribution < 1.29 is 26.7 Å². The number of H-pyrrole nitrogens is 1. The Kier molecular flexibility index (Phi) is 3.20. The Morgan fingerprint density at radius 1 is 1.38 bits per heavy atom. The van der Waals surface area contributed by atoms with E-state index in [1.807, 2.05) is 0 Å². The number of rotatable bonds is 2. The maximum absolute atomic E-state index is 12.3. The van der Waals surface area contributed by atoms with Gasteiger partial charge in [-0.1, -0.05) is 0 Å². The first-order valence-corrected chi connectivity index (χ1v) is 3.98. The summed E-state index contributed by atoms with van der Waals surface area (Å²) >= 11 is 0. The Labute approximate surface area is 85.8 Å². The van der Waals surface area contributed by atoms with Crippen LogP contribution in [0.4, 0.5) is 22.0 Å². The summed E-state index contributed by atoms with van der Waals surface area (Å²) in [4.78, 5) is 12.8. The average molecular weight is 243 g/mol. The van der Waals surface area contributed by atoms with Gasteiger partial charge >= 0.3 is 6.36 Å². The lowest BCUT2D eigenvalue weighted by atomic mass is 10.2. The third-order valence-electron chi connectivity index (χ3n) is 1.74. The summed E-state index contributed by atoms with van der Waals surface area (Å²) in [5, 5.41) is 0. The van der Waals surface area contributed by atoms with Crippen molar-refractivity contribution in [3.63, 3.8) is 0 Å². The van der Waals surface area contributed by atoms with Crippen molar-refractivity contribution in [2.45, 2.75) is 19.7 Å². The fourth-order valence-electron chi connectivity index (χ4n) is 1.02. The molecule has 0 radical (unpaired) electrons. The molecule has 0 atom stereocenters. The quantitative estimate of drug-likeness (QED) is 0.811. The largest absolute Gasteiger partial charge is 0.574 e. The highest BCUT2D eigenvalue weighted by atomic mass is 19.4. The van der Waals surface area contributed by atoms with Crippen molar-refractivity contribution in [1.82, 2.24) is 4.98 Å². The van der Waals surface area contributed by atoms with Crippen molar-refractivity contribution in [2.75, 3.05) is 0 Å². The number of hydrogen-bond acceptors (Lipinski definition) is 2. The van der Waals surface area contributed by atoms with E-state index in [9.17, 15) is 26.7 Å². The van der Waals surface area contributed by atoms with Crippen molar-refractivity contribution in [2.24, 2.45) is 0 Å². The minimum Gasteiger partial charge on any atom is -0.390 e. The molecule has 3 nitrogen and oxygen atoms in total. The molecule has 1 rings (SSSR count). The van der Waals surface area contributed by atoms with Gasteiger partial charge in [-0.25, -0.2) is 8.78 Å². The van der Waals surface area contributed by atoms with Crippen LogP contribution < -0.4 is 10.2 Å². The summed E-state index contributed by atoms with van der Waals surface area (Å²) in [5.41, 5.74) is -2.18. The first-order valence-electron chi connectivity index (χ1n) is 3.98. The van der Waals surface area contributed by atoms with Crippen molar-refractivity contribution >= 4 is 0 Å². The molecular formula is C8H6F5NO2. The van der Waals surface area contributed by atoms with Crippen LogP contribution in [0, 0.1) is 6.92 Å². The molecule has 0 fully saturated rings. The Morgan fingerprint density at radius 2 is 1.94 bits per heavy atom. The smallest absolute Gasteiger partial charge is 0.390 e. The molecule has 0 aliphatic carbocycles. The molecule has 8 heteroatoms. The average Bonchev–Trinajstić information content (AvgIpc) is 2.07. The predicted molar refractivity (Wildman–Crippen MR) is 43.4 cm³/mol. The second kappa shape index (κ2) is 4.11. The van der Waals surface area contributed by atoms with Gasteiger partial charge in [0.15, 0.2) is 5.43 Å². The molecule has 0 unspecified atom stereocenters. The zero-order valence-corrected chi connectivity index (χ0v) is 7.86. The number of aromatic nitrogens is 1. The molecule has 0 aliphatic rings. The van der Waals surface area contributed by atoms with Gasteiger partial charge in [0.1, 0.15) is 0 Å². The summed E-state index contributed by atoms with van der Waals surface area (Å²) in [6.07, 6.45) is -8.12. The first kappa shape index (κ1) is 12.5. The van der Waals surface area contributed by atoms with Gasteiger partial charge in [0, 0.05) is 11.6 Å². The highest BCUT2D eigenvalue weighted by Crippen LogP contribution is 2.24. The zero-order valence-electron chi connectivity index (χ0n) is 7.86. The number of halogens is 5. The summed E-state index contributed by atoms with van der Waals surface area (Å²) in [5.74, 6) is -1.06. The van der Waals surface area contributed by atoms with Gasteiger partial charge in [-0.15, -0.1) is 13.2 Å². The lowest BCUT2D eigenvalue weighted by molar-refractivity contribution is -0.276. The van der Waals surface area contributed by atoms with E-state index in [0.717, 1.165) is 6.92 Å². The van der Waals surface area contributed by atoms with Gasteiger partial charge in [0.05, 0.1) is 5.69 Å². The molecular weight excluding hydrogens is 237 g/mol. The summed E-state index contributed by atoms with van der Waals surface area (Å²) in [6.45, 7) is 1.08. The van der Waals surface area contributed by atoms with E-state index in [1.54, 1.807) is 4.98 Å². The molecule has 90 valence electrons. The minimum atomic E-state index is -5.04. The third kappa shape index (κ3) is 2.94. The zero-order chi connectivity index (χ0) is 12.5. The van der Waals surface area contributed by atoms with E-state index in [2.05, 4.69) is 4.74 Å². The molecule has 0 saturated heterocycles. The number of ether oxygens (including phenoxy) is 1. The minimum absolute atomic E-state index is 0.343. The SMILES string of the molecule is Cc1c(C(F)F)[nH]c(OC(F)(F)F)cc1=O. The molecule has 0 aliphatic heterocycles. The van der Waals surface area contributed by atoms with E-state index in [4.69, 9.17) is 0 Å². The third-order valence-corrected chi connectivity index (χ3v) is 1.74. The van der Waals surface area contributed by atoms with Crippen LogP contribution in [0.3, 0.4) is 0 Å². The van der Waals surface area contributed by atoms with Crippen LogP contribution in [0.5, 0.6) is 5.88 Å². The molecule has 0 bridgehead atoms. The van der Waals surface area contributed by atoms with E-state index in [1.165, 1.54) is 0 Å². The Balaban J connectivity index is 3.20. The summed E-state index contributed by atoms with van der Waals surface area (Å²) < 4.78 is 63.3. The van der Waals surface area contributed by atoms with E-state index < -0.39 is 29.8 Å². The standard InChI is InChI=1S/C8H6F5NO2/c1-3-4(15)2-5(16-8(11,12)13)14-6(3)7(9)10/h2,7H,1H3,(H,14,15). The molecule has 0 amide bonds. The Bertz CT molecular complexity index is 437. The second-order valence-corrected chi connectivity index (χ2v) is 2.89. The van der Waals surface area contributed by atoms with Gasteiger partial charge in [-0.05, 0) is 6.92 Å². The van der Waals surface area contributed by atoms with E-state index >= 15 is 0 Å². The number of alkyl halides is 5. The first-order chi connectivity index (χ1) is 7.20. The maximum Gasteiger partial charge on any atom is 0.574 e. The van der Waals surface area contributed by atoms with Crippen LogP contribution in [-0.4, -0.2) is 11.3 Å². The number of pyridine rings is 1. The van der Waals surface area contributed by atoms with Crippen LogP contribution in [0.15, 0.2) is 10.9 Å². The molecule has 0 saturated carbocycles. The van der Waals surface area contributed by atoms with Crippen LogP contribution >= 0.6 is 0 Å². The summed E-state index contributed by atoms with van der Waals surface area (Å²) in [6, 6.07) is 0.467. The molecule has 0 spiro atoms. The highest BCUT2D eigenvalue weighted by molar-refractivity contribution is 5.25. The normalized spacial score (nSPS) is 11.9. The lowest BCUT2D eigenvalue weighted by Gasteiger charge is -2.11. The molecule has 1 aromatic rings. The Morgan fingerprint density at radius 3 is 2.38 bits per heavy atom. The monoisotopic (exact) mass is 243 g/mol. The second-order valence-electron chi connectivity index (χ2n) is 2.89. The fourth-order valence-corrected chi connectivity index (χ4v) is 1.02. The van der Waals surface area contributed by atoms with E-state index in [0.29, 0.717) is 6.07 Å². The topological polar surface area (TPSA) is 42.1 Å². The van der Waals surface area contributed by atoms with Crippen molar-refractivity contribution in [1.29, 1.82) is 0 Å². The fraction of sp³-hybridized carbons (Fsp3) is 0.375.